The van der Waals surface area contributed by atoms with E-state index in [1.165, 1.54) is 0 Å². The number of nitrogens with one attached hydrogen (secondary N) is 2. The second-order valence-electron chi connectivity index (χ2n) is 8.86. The maximum absolute atomic E-state index is 12.4. The van der Waals surface area contributed by atoms with Crippen molar-refractivity contribution in [2.75, 3.05) is 25.0 Å². The standard InChI is InChI=1S/C22H33N3O3/c1-14-11-15(2)19(16(3)12-14)24-18(26)13-23-20(27)17-7-9-25(10-8-17)21(28)22(4,5)6/h11-12,17H,7-10,13H2,1-6H3,(H,23,27)(H,24,26). The van der Waals surface area contributed by atoms with Crippen molar-refractivity contribution in [1.29, 1.82) is 0 Å². The van der Waals surface area contributed by atoms with E-state index in [4.69, 9.17) is 0 Å². The van der Waals surface area contributed by atoms with Crippen LogP contribution in [0.1, 0.15) is 50.3 Å². The summed E-state index contributed by atoms with van der Waals surface area (Å²) in [4.78, 5) is 38.8. The molecule has 0 spiro atoms. The normalized spacial score (nSPS) is 15.3. The number of piperidine rings is 1. The summed E-state index contributed by atoms with van der Waals surface area (Å²) in [5.41, 5.74) is 3.57. The number of nitrogens with zero attached hydrogens (tertiary/aromatic N) is 1. The van der Waals surface area contributed by atoms with Gasteiger partial charge in [-0.25, -0.2) is 0 Å². The molecule has 0 aromatic heterocycles. The molecule has 154 valence electrons. The van der Waals surface area contributed by atoms with Gasteiger partial charge in [0.05, 0.1) is 6.54 Å². The van der Waals surface area contributed by atoms with Crippen LogP contribution in [0.2, 0.25) is 0 Å². The Hall–Kier alpha value is -2.37. The van der Waals surface area contributed by atoms with E-state index < -0.39 is 5.41 Å². The third kappa shape index (κ3) is 5.57. The molecule has 28 heavy (non-hydrogen) atoms. The highest BCUT2D eigenvalue weighted by Gasteiger charge is 2.32. The third-order valence-corrected chi connectivity index (χ3v) is 5.16. The molecule has 3 amide bonds. The van der Waals surface area contributed by atoms with E-state index in [1.807, 2.05) is 58.6 Å². The summed E-state index contributed by atoms with van der Waals surface area (Å²) in [5.74, 6) is -0.381. The molecule has 1 fully saturated rings. The molecule has 1 heterocycles. The van der Waals surface area contributed by atoms with Crippen LogP contribution in [0.4, 0.5) is 5.69 Å². The monoisotopic (exact) mass is 387 g/mol. The lowest BCUT2D eigenvalue weighted by Gasteiger charge is -2.35. The molecule has 1 saturated heterocycles. The van der Waals surface area contributed by atoms with Crippen LogP contribution in [-0.4, -0.2) is 42.3 Å². The van der Waals surface area contributed by atoms with Crippen molar-refractivity contribution in [2.24, 2.45) is 11.3 Å². The second-order valence-corrected chi connectivity index (χ2v) is 8.86. The smallest absolute Gasteiger partial charge is 0.243 e. The fourth-order valence-electron chi connectivity index (χ4n) is 3.69. The SMILES string of the molecule is Cc1cc(C)c(NC(=O)CNC(=O)C2CCN(C(=O)C(C)(C)C)CC2)c(C)c1. The molecule has 0 radical (unpaired) electrons. The number of aryl methyl sites for hydroxylation is 3. The average molecular weight is 388 g/mol. The van der Waals surface area contributed by atoms with E-state index in [-0.39, 0.29) is 30.2 Å². The summed E-state index contributed by atoms with van der Waals surface area (Å²) in [6.45, 7) is 12.8. The predicted octanol–water partition coefficient (Wildman–Crippen LogP) is 2.95. The van der Waals surface area contributed by atoms with Crippen molar-refractivity contribution in [1.82, 2.24) is 10.2 Å². The second kappa shape index (κ2) is 8.76. The molecule has 0 saturated carbocycles. The Labute approximate surface area is 168 Å². The van der Waals surface area contributed by atoms with Gasteiger partial charge in [-0.3, -0.25) is 14.4 Å². The minimum atomic E-state index is -0.403. The van der Waals surface area contributed by atoms with Gasteiger partial charge in [-0.05, 0) is 44.7 Å². The van der Waals surface area contributed by atoms with E-state index in [9.17, 15) is 14.4 Å². The van der Waals surface area contributed by atoms with Crippen LogP contribution in [-0.2, 0) is 14.4 Å². The zero-order valence-corrected chi connectivity index (χ0v) is 17.9. The van der Waals surface area contributed by atoms with Crippen LogP contribution in [0.25, 0.3) is 0 Å². The van der Waals surface area contributed by atoms with Crippen molar-refractivity contribution in [3.05, 3.63) is 28.8 Å². The molecule has 6 heteroatoms. The summed E-state index contributed by atoms with van der Waals surface area (Å²) in [5, 5.41) is 5.64. The van der Waals surface area contributed by atoms with E-state index in [0.29, 0.717) is 25.9 Å². The maximum atomic E-state index is 12.4. The number of carbonyl (C=O) groups is 3. The first-order chi connectivity index (χ1) is 13.0. The molecule has 1 aliphatic rings. The van der Waals surface area contributed by atoms with Crippen molar-refractivity contribution >= 4 is 23.4 Å². The molecular weight excluding hydrogens is 354 g/mol. The van der Waals surface area contributed by atoms with Crippen molar-refractivity contribution in [3.8, 4) is 0 Å². The van der Waals surface area contributed by atoms with Crippen LogP contribution in [0.15, 0.2) is 12.1 Å². The lowest BCUT2D eigenvalue weighted by atomic mass is 9.90. The quantitative estimate of drug-likeness (QED) is 0.834. The number of rotatable bonds is 4. The Bertz CT molecular complexity index is 734. The summed E-state index contributed by atoms with van der Waals surface area (Å²) >= 11 is 0. The third-order valence-electron chi connectivity index (χ3n) is 5.16. The van der Waals surface area contributed by atoms with Gasteiger partial charge in [-0.1, -0.05) is 38.5 Å². The molecule has 1 aliphatic heterocycles. The highest BCUT2D eigenvalue weighted by Crippen LogP contribution is 2.24. The Morgan fingerprint density at radius 2 is 1.57 bits per heavy atom. The molecule has 0 atom stereocenters. The first-order valence-corrected chi connectivity index (χ1v) is 9.94. The van der Waals surface area contributed by atoms with Gasteiger partial charge in [0, 0.05) is 30.1 Å². The van der Waals surface area contributed by atoms with E-state index in [2.05, 4.69) is 10.6 Å². The fraction of sp³-hybridized carbons (Fsp3) is 0.591. The van der Waals surface area contributed by atoms with Crippen LogP contribution < -0.4 is 10.6 Å². The zero-order chi connectivity index (χ0) is 21.1. The fourth-order valence-corrected chi connectivity index (χ4v) is 3.69. The lowest BCUT2D eigenvalue weighted by molar-refractivity contribution is -0.142. The minimum Gasteiger partial charge on any atom is -0.347 e. The first kappa shape index (κ1) is 21.9. The number of carbonyl (C=O) groups excluding carboxylic acids is 3. The molecule has 0 bridgehead atoms. The average Bonchev–Trinajstić information content (AvgIpc) is 2.61. The Kier molecular flexibility index (Phi) is 6.86. The molecule has 2 N–H and O–H groups in total. The molecule has 1 aromatic carbocycles. The summed E-state index contributed by atoms with van der Waals surface area (Å²) in [6, 6.07) is 4.04. The molecule has 1 aromatic rings. The van der Waals surface area contributed by atoms with Gasteiger partial charge in [0.1, 0.15) is 0 Å². The van der Waals surface area contributed by atoms with E-state index in [1.54, 1.807) is 0 Å². The maximum Gasteiger partial charge on any atom is 0.243 e. The van der Waals surface area contributed by atoms with Gasteiger partial charge in [-0.2, -0.15) is 0 Å². The number of amides is 3. The van der Waals surface area contributed by atoms with Crippen molar-refractivity contribution in [3.63, 3.8) is 0 Å². The number of hydrogen-bond donors (Lipinski definition) is 2. The molecular formula is C22H33N3O3. The molecule has 0 aliphatic carbocycles. The number of anilines is 1. The first-order valence-electron chi connectivity index (χ1n) is 9.94. The molecule has 0 unspecified atom stereocenters. The van der Waals surface area contributed by atoms with Gasteiger partial charge in [0.15, 0.2) is 0 Å². The molecule has 2 rings (SSSR count). The number of likely N-dealkylation sites (tertiary alicyclic amines) is 1. The van der Waals surface area contributed by atoms with E-state index >= 15 is 0 Å². The zero-order valence-electron chi connectivity index (χ0n) is 17.9. The van der Waals surface area contributed by atoms with Crippen LogP contribution >= 0.6 is 0 Å². The largest absolute Gasteiger partial charge is 0.347 e. The number of benzene rings is 1. The van der Waals surface area contributed by atoms with E-state index in [0.717, 1.165) is 22.4 Å². The Morgan fingerprint density at radius 1 is 1.04 bits per heavy atom. The number of hydrogen-bond acceptors (Lipinski definition) is 3. The lowest BCUT2D eigenvalue weighted by Crippen LogP contribution is -2.47. The topological polar surface area (TPSA) is 78.5 Å². The minimum absolute atomic E-state index is 0.0489. The predicted molar refractivity (Wildman–Crippen MR) is 111 cm³/mol. The van der Waals surface area contributed by atoms with Crippen LogP contribution in [0, 0.1) is 32.1 Å². The van der Waals surface area contributed by atoms with Crippen LogP contribution in [0.5, 0.6) is 0 Å². The van der Waals surface area contributed by atoms with Crippen LogP contribution in [0.3, 0.4) is 0 Å². The van der Waals surface area contributed by atoms with Gasteiger partial charge in [-0.15, -0.1) is 0 Å². The summed E-state index contributed by atoms with van der Waals surface area (Å²) in [7, 11) is 0. The van der Waals surface area contributed by atoms with Crippen molar-refractivity contribution < 1.29 is 14.4 Å². The van der Waals surface area contributed by atoms with Crippen molar-refractivity contribution in [2.45, 2.75) is 54.4 Å². The van der Waals surface area contributed by atoms with Gasteiger partial charge in [0.2, 0.25) is 17.7 Å². The van der Waals surface area contributed by atoms with Gasteiger partial charge >= 0.3 is 0 Å². The Morgan fingerprint density at radius 3 is 2.07 bits per heavy atom. The Balaban J connectivity index is 1.82. The van der Waals surface area contributed by atoms with Gasteiger partial charge < -0.3 is 15.5 Å². The summed E-state index contributed by atoms with van der Waals surface area (Å²) in [6.07, 6.45) is 1.26. The highest BCUT2D eigenvalue weighted by molar-refractivity contribution is 5.96. The molecule has 6 nitrogen and oxygen atoms in total. The van der Waals surface area contributed by atoms with Gasteiger partial charge in [0.25, 0.3) is 0 Å². The highest BCUT2D eigenvalue weighted by atomic mass is 16.2. The summed E-state index contributed by atoms with van der Waals surface area (Å²) < 4.78 is 0.